The molecule has 2 aliphatic rings. The van der Waals surface area contributed by atoms with Gasteiger partial charge in [0.2, 0.25) is 0 Å². The van der Waals surface area contributed by atoms with Crippen LogP contribution < -0.4 is 0 Å². The van der Waals surface area contributed by atoms with Crippen molar-refractivity contribution in [3.8, 4) is 0 Å². The van der Waals surface area contributed by atoms with Gasteiger partial charge in [-0.2, -0.15) is 0 Å². The summed E-state index contributed by atoms with van der Waals surface area (Å²) in [5.41, 5.74) is 0. The van der Waals surface area contributed by atoms with Gasteiger partial charge in [0.1, 0.15) is 0 Å². The van der Waals surface area contributed by atoms with Crippen molar-refractivity contribution in [2.24, 2.45) is 23.7 Å². The molecule has 2 saturated carbocycles. The van der Waals surface area contributed by atoms with Crippen LogP contribution in [0.3, 0.4) is 0 Å². The molecule has 0 aromatic heterocycles. The van der Waals surface area contributed by atoms with E-state index >= 15 is 0 Å². The van der Waals surface area contributed by atoms with Crippen molar-refractivity contribution in [1.82, 2.24) is 0 Å². The van der Waals surface area contributed by atoms with E-state index in [1.807, 2.05) is 0 Å². The monoisotopic (exact) mass is 340 g/mol. The van der Waals surface area contributed by atoms with Gasteiger partial charge >= 0.3 is 5.97 Å². The standard InChI is InChI=1S/C20H36O4/c1-3-5-11-22-20(21)19-10-9-17-13-16(7-8-18(17)14-19)15-24-23-12-6-4-2/h16-19H,3-15H2,1-2H3. The molecule has 0 amide bonds. The summed E-state index contributed by atoms with van der Waals surface area (Å²) in [6, 6.07) is 0. The summed E-state index contributed by atoms with van der Waals surface area (Å²) in [6.07, 6.45) is 11.1. The Balaban J connectivity index is 1.65. The lowest BCUT2D eigenvalue weighted by atomic mass is 9.65. The number of carbonyl (C=O) groups is 1. The maximum absolute atomic E-state index is 12.2. The fourth-order valence-corrected chi connectivity index (χ4v) is 4.19. The molecule has 4 heteroatoms. The van der Waals surface area contributed by atoms with Crippen LogP contribution in [0.15, 0.2) is 0 Å². The molecule has 0 aromatic carbocycles. The minimum Gasteiger partial charge on any atom is -0.465 e. The summed E-state index contributed by atoms with van der Waals surface area (Å²) in [5, 5.41) is 0. The Hall–Kier alpha value is -0.610. The number of ether oxygens (including phenoxy) is 1. The van der Waals surface area contributed by atoms with Crippen LogP contribution in [0.25, 0.3) is 0 Å². The average Bonchev–Trinajstić information content (AvgIpc) is 2.61. The van der Waals surface area contributed by atoms with Crippen LogP contribution in [0, 0.1) is 23.7 Å². The van der Waals surface area contributed by atoms with E-state index in [2.05, 4.69) is 13.8 Å². The van der Waals surface area contributed by atoms with E-state index in [-0.39, 0.29) is 11.9 Å². The number of carbonyl (C=O) groups excluding carboxylic acids is 1. The maximum atomic E-state index is 12.2. The van der Waals surface area contributed by atoms with E-state index in [0.29, 0.717) is 25.0 Å². The van der Waals surface area contributed by atoms with Crippen molar-refractivity contribution in [1.29, 1.82) is 0 Å². The van der Waals surface area contributed by atoms with Gasteiger partial charge in [-0.15, -0.1) is 0 Å². The summed E-state index contributed by atoms with van der Waals surface area (Å²) in [5.74, 6) is 2.30. The third kappa shape index (κ3) is 6.36. The van der Waals surface area contributed by atoms with E-state index in [1.54, 1.807) is 0 Å². The van der Waals surface area contributed by atoms with E-state index in [1.165, 1.54) is 25.7 Å². The second-order valence-corrected chi connectivity index (χ2v) is 7.69. The third-order valence-corrected chi connectivity index (χ3v) is 5.77. The zero-order valence-corrected chi connectivity index (χ0v) is 15.6. The number of unbranched alkanes of at least 4 members (excludes halogenated alkanes) is 2. The van der Waals surface area contributed by atoms with Gasteiger partial charge in [-0.1, -0.05) is 26.7 Å². The highest BCUT2D eigenvalue weighted by Crippen LogP contribution is 2.45. The van der Waals surface area contributed by atoms with Crippen LogP contribution >= 0.6 is 0 Å². The van der Waals surface area contributed by atoms with Crippen molar-refractivity contribution < 1.29 is 19.3 Å². The Bertz CT molecular complexity index is 358. The molecule has 0 N–H and O–H groups in total. The second-order valence-electron chi connectivity index (χ2n) is 7.69. The van der Waals surface area contributed by atoms with Crippen LogP contribution in [0.4, 0.5) is 0 Å². The molecule has 140 valence electrons. The quantitative estimate of drug-likeness (QED) is 0.245. The van der Waals surface area contributed by atoms with Gasteiger partial charge < -0.3 is 4.74 Å². The molecule has 0 bridgehead atoms. The fourth-order valence-electron chi connectivity index (χ4n) is 4.19. The highest BCUT2D eigenvalue weighted by Gasteiger charge is 2.38. The van der Waals surface area contributed by atoms with E-state index in [4.69, 9.17) is 14.5 Å². The number of rotatable bonds is 10. The lowest BCUT2D eigenvalue weighted by molar-refractivity contribution is -0.303. The van der Waals surface area contributed by atoms with Crippen molar-refractivity contribution in [2.75, 3.05) is 19.8 Å². The lowest BCUT2D eigenvalue weighted by Crippen LogP contribution is -2.35. The predicted octanol–water partition coefficient (Wildman–Crippen LogP) is 4.91. The molecule has 4 nitrogen and oxygen atoms in total. The number of hydrogen-bond donors (Lipinski definition) is 0. The minimum absolute atomic E-state index is 0.0525. The van der Waals surface area contributed by atoms with E-state index in [9.17, 15) is 4.79 Å². The average molecular weight is 341 g/mol. The Morgan fingerprint density at radius 1 is 0.875 bits per heavy atom. The number of fused-ring (bicyclic) bond motifs is 1. The van der Waals surface area contributed by atoms with Gasteiger partial charge in [-0.3, -0.25) is 4.79 Å². The molecule has 4 atom stereocenters. The van der Waals surface area contributed by atoms with E-state index in [0.717, 1.165) is 51.0 Å². The summed E-state index contributed by atoms with van der Waals surface area (Å²) in [4.78, 5) is 22.8. The molecular formula is C20H36O4. The van der Waals surface area contributed by atoms with E-state index < -0.39 is 0 Å². The van der Waals surface area contributed by atoms with Crippen LogP contribution in [0.5, 0.6) is 0 Å². The molecule has 0 radical (unpaired) electrons. The highest BCUT2D eigenvalue weighted by molar-refractivity contribution is 5.72. The maximum Gasteiger partial charge on any atom is 0.308 e. The molecule has 0 aliphatic heterocycles. The molecule has 0 aromatic rings. The van der Waals surface area contributed by atoms with Gasteiger partial charge in [0.25, 0.3) is 0 Å². The van der Waals surface area contributed by atoms with Crippen LogP contribution in [-0.2, 0) is 19.3 Å². The molecule has 2 rings (SSSR count). The van der Waals surface area contributed by atoms with Crippen LogP contribution in [0.2, 0.25) is 0 Å². The molecule has 2 aliphatic carbocycles. The van der Waals surface area contributed by atoms with Gasteiger partial charge in [-0.25, -0.2) is 9.78 Å². The number of esters is 1. The van der Waals surface area contributed by atoms with Gasteiger partial charge in [-0.05, 0) is 69.1 Å². The summed E-state index contributed by atoms with van der Waals surface area (Å²) >= 11 is 0. The summed E-state index contributed by atoms with van der Waals surface area (Å²) < 4.78 is 5.43. The Morgan fingerprint density at radius 2 is 1.58 bits per heavy atom. The highest BCUT2D eigenvalue weighted by atomic mass is 17.2. The first-order chi connectivity index (χ1) is 11.7. The largest absolute Gasteiger partial charge is 0.465 e. The van der Waals surface area contributed by atoms with Gasteiger partial charge in [0.15, 0.2) is 0 Å². The first-order valence-corrected chi connectivity index (χ1v) is 10.2. The Morgan fingerprint density at radius 3 is 2.38 bits per heavy atom. The first kappa shape index (κ1) is 19.7. The smallest absolute Gasteiger partial charge is 0.308 e. The second kappa shape index (κ2) is 11.1. The summed E-state index contributed by atoms with van der Waals surface area (Å²) in [7, 11) is 0. The minimum atomic E-state index is 0.0525. The molecule has 0 heterocycles. The van der Waals surface area contributed by atoms with Crippen LogP contribution in [0.1, 0.15) is 78.1 Å². The van der Waals surface area contributed by atoms with Crippen molar-refractivity contribution in [3.63, 3.8) is 0 Å². The molecule has 0 saturated heterocycles. The topological polar surface area (TPSA) is 44.8 Å². The number of hydrogen-bond acceptors (Lipinski definition) is 4. The molecule has 4 unspecified atom stereocenters. The Kier molecular flexibility index (Phi) is 9.11. The fraction of sp³-hybridized carbons (Fsp3) is 0.950. The Labute approximate surface area is 147 Å². The first-order valence-electron chi connectivity index (χ1n) is 10.2. The normalized spacial score (nSPS) is 29.9. The molecular weight excluding hydrogens is 304 g/mol. The zero-order chi connectivity index (χ0) is 17.2. The van der Waals surface area contributed by atoms with Gasteiger partial charge in [0.05, 0.1) is 25.7 Å². The molecule has 24 heavy (non-hydrogen) atoms. The predicted molar refractivity (Wildman–Crippen MR) is 94.3 cm³/mol. The van der Waals surface area contributed by atoms with Crippen molar-refractivity contribution >= 4 is 5.97 Å². The van der Waals surface area contributed by atoms with Crippen LogP contribution in [-0.4, -0.2) is 25.8 Å². The summed E-state index contributed by atoms with van der Waals surface area (Å²) in [6.45, 7) is 6.31. The van der Waals surface area contributed by atoms with Gasteiger partial charge in [0, 0.05) is 0 Å². The SMILES string of the molecule is CCCCOOCC1CCC2CC(C(=O)OCCCC)CCC2C1. The third-order valence-electron chi connectivity index (χ3n) is 5.77. The zero-order valence-electron chi connectivity index (χ0n) is 15.6. The molecule has 0 spiro atoms. The van der Waals surface area contributed by atoms with Crippen molar-refractivity contribution in [3.05, 3.63) is 0 Å². The van der Waals surface area contributed by atoms with Crippen molar-refractivity contribution in [2.45, 2.75) is 78.1 Å². The molecule has 2 fully saturated rings. The lowest BCUT2D eigenvalue weighted by Gasteiger charge is -2.41.